The number of carbonyl (C=O) groups excluding carboxylic acids is 3. The van der Waals surface area contributed by atoms with Gasteiger partial charge in [0.05, 0.1) is 6.26 Å². The molecule has 0 saturated heterocycles. The molecule has 132 valence electrons. The number of furan rings is 1. The van der Waals surface area contributed by atoms with Crippen LogP contribution in [0.3, 0.4) is 0 Å². The van der Waals surface area contributed by atoms with Gasteiger partial charge in [0.15, 0.2) is 11.5 Å². The van der Waals surface area contributed by atoms with E-state index in [1.807, 2.05) is 20.8 Å². The molecule has 0 unspecified atom stereocenters. The van der Waals surface area contributed by atoms with Crippen molar-refractivity contribution in [2.24, 2.45) is 11.3 Å². The van der Waals surface area contributed by atoms with Crippen LogP contribution in [-0.4, -0.2) is 17.5 Å². The maximum atomic E-state index is 12.9. The van der Waals surface area contributed by atoms with Crippen molar-refractivity contribution in [1.82, 2.24) is 0 Å². The molecule has 0 N–H and O–H groups in total. The summed E-state index contributed by atoms with van der Waals surface area (Å²) < 4.78 is 11.3. The Balaban J connectivity index is 2.22. The second-order valence-corrected chi connectivity index (χ2v) is 7.16. The summed E-state index contributed by atoms with van der Waals surface area (Å²) in [6.07, 6.45) is 4.23. The molecule has 0 amide bonds. The van der Waals surface area contributed by atoms with Gasteiger partial charge < -0.3 is 9.15 Å². The molecule has 3 rings (SSSR count). The smallest absolute Gasteiger partial charge is 0.334 e. The van der Waals surface area contributed by atoms with Crippen LogP contribution in [0, 0.1) is 18.3 Å². The highest BCUT2D eigenvalue weighted by Crippen LogP contribution is 2.57. The summed E-state index contributed by atoms with van der Waals surface area (Å²) in [7, 11) is 0. The second kappa shape index (κ2) is 5.83. The Kier molecular flexibility index (Phi) is 4.06. The maximum Gasteiger partial charge on any atom is 0.334 e. The highest BCUT2D eigenvalue weighted by atomic mass is 16.5. The minimum atomic E-state index is -0.768. The van der Waals surface area contributed by atoms with E-state index in [1.165, 1.54) is 12.3 Å². The molecule has 0 saturated carbocycles. The van der Waals surface area contributed by atoms with Gasteiger partial charge in [-0.1, -0.05) is 19.9 Å². The van der Waals surface area contributed by atoms with Crippen molar-refractivity contribution in [1.29, 1.82) is 0 Å². The van der Waals surface area contributed by atoms with Gasteiger partial charge in [-0.25, -0.2) is 4.79 Å². The third-order valence-corrected chi connectivity index (χ3v) is 5.68. The van der Waals surface area contributed by atoms with E-state index in [0.717, 1.165) is 5.56 Å². The standard InChI is InChI=1S/C20H22O5/c1-6-10(2)19(23)25-18-15-11(3)9-24-17(15)16(22)14-8-13(21)7-12(4)20(14,18)5/h6,8-9,12,18H,7H2,1-5H3/b10-6-/t12-,18+,20+/m0/s1. The van der Waals surface area contributed by atoms with Crippen LogP contribution < -0.4 is 0 Å². The average molecular weight is 342 g/mol. The second-order valence-electron chi connectivity index (χ2n) is 7.16. The number of carbonyl (C=O) groups is 3. The first-order valence-corrected chi connectivity index (χ1v) is 8.43. The highest BCUT2D eigenvalue weighted by molar-refractivity contribution is 6.14. The summed E-state index contributed by atoms with van der Waals surface area (Å²) in [6.45, 7) is 9.10. The third kappa shape index (κ3) is 2.41. The molecule has 0 spiro atoms. The molecule has 1 heterocycles. The van der Waals surface area contributed by atoms with Gasteiger partial charge in [0, 0.05) is 28.5 Å². The predicted octanol–water partition coefficient (Wildman–Crippen LogP) is 3.88. The minimum absolute atomic E-state index is 0.0882. The number of ketones is 2. The molecular formula is C20H22O5. The van der Waals surface area contributed by atoms with Gasteiger partial charge >= 0.3 is 5.97 Å². The first-order chi connectivity index (χ1) is 11.7. The Hall–Kier alpha value is -2.43. The molecule has 0 radical (unpaired) electrons. The summed E-state index contributed by atoms with van der Waals surface area (Å²) in [4.78, 5) is 37.4. The van der Waals surface area contributed by atoms with Gasteiger partial charge in [-0.2, -0.15) is 0 Å². The summed E-state index contributed by atoms with van der Waals surface area (Å²) in [5, 5.41) is 0. The van der Waals surface area contributed by atoms with E-state index in [-0.39, 0.29) is 23.2 Å². The summed E-state index contributed by atoms with van der Waals surface area (Å²) >= 11 is 0. The number of rotatable bonds is 2. The Morgan fingerprint density at radius 2 is 2.08 bits per heavy atom. The quantitative estimate of drug-likeness (QED) is 0.602. The summed E-state index contributed by atoms with van der Waals surface area (Å²) in [6, 6.07) is 0. The zero-order valence-corrected chi connectivity index (χ0v) is 15.1. The lowest BCUT2D eigenvalue weighted by Crippen LogP contribution is -2.46. The van der Waals surface area contributed by atoms with Gasteiger partial charge in [-0.05, 0) is 38.3 Å². The van der Waals surface area contributed by atoms with Crippen molar-refractivity contribution in [2.75, 3.05) is 0 Å². The number of fused-ring (bicyclic) bond motifs is 2. The molecule has 2 aliphatic carbocycles. The van der Waals surface area contributed by atoms with Crippen LogP contribution in [0.25, 0.3) is 0 Å². The molecular weight excluding hydrogens is 320 g/mol. The van der Waals surface area contributed by atoms with Gasteiger partial charge in [0.1, 0.15) is 6.10 Å². The van der Waals surface area contributed by atoms with Crippen molar-refractivity contribution in [3.63, 3.8) is 0 Å². The zero-order valence-electron chi connectivity index (χ0n) is 15.1. The average Bonchev–Trinajstić information content (AvgIpc) is 2.95. The van der Waals surface area contributed by atoms with Gasteiger partial charge in [0.2, 0.25) is 5.78 Å². The molecule has 0 bridgehead atoms. The monoisotopic (exact) mass is 342 g/mol. The summed E-state index contributed by atoms with van der Waals surface area (Å²) in [5.74, 6) is -0.789. The molecule has 1 aromatic rings. The van der Waals surface area contributed by atoms with E-state index in [1.54, 1.807) is 19.9 Å². The van der Waals surface area contributed by atoms with Crippen molar-refractivity contribution in [3.05, 3.63) is 46.4 Å². The molecule has 1 aromatic heterocycles. The lowest BCUT2D eigenvalue weighted by Gasteiger charge is -2.47. The molecule has 25 heavy (non-hydrogen) atoms. The van der Waals surface area contributed by atoms with Crippen molar-refractivity contribution >= 4 is 17.5 Å². The number of aryl methyl sites for hydroxylation is 1. The Bertz CT molecular complexity index is 838. The molecule has 5 heteroatoms. The first kappa shape index (κ1) is 17.4. The Labute approximate surface area is 146 Å². The van der Waals surface area contributed by atoms with Crippen molar-refractivity contribution < 1.29 is 23.5 Å². The molecule has 3 atom stereocenters. The lowest BCUT2D eigenvalue weighted by molar-refractivity contribution is -0.153. The van der Waals surface area contributed by atoms with E-state index in [4.69, 9.17) is 9.15 Å². The SMILES string of the molecule is C/C=C(/C)C(=O)O[C@@H]1c2c(C)coc2C(=O)C2=CC(=O)C[C@H](C)[C@]21C. The topological polar surface area (TPSA) is 73.6 Å². The number of hydrogen-bond acceptors (Lipinski definition) is 5. The molecule has 0 aliphatic heterocycles. The Morgan fingerprint density at radius 1 is 1.40 bits per heavy atom. The van der Waals surface area contributed by atoms with E-state index < -0.39 is 17.5 Å². The van der Waals surface area contributed by atoms with Crippen LogP contribution in [-0.2, 0) is 14.3 Å². The lowest BCUT2D eigenvalue weighted by atomic mass is 9.58. The number of allylic oxidation sites excluding steroid dienone is 2. The van der Waals surface area contributed by atoms with Crippen LogP contribution in [0.1, 0.15) is 61.9 Å². The fourth-order valence-corrected chi connectivity index (χ4v) is 3.74. The van der Waals surface area contributed by atoms with Crippen LogP contribution in [0.4, 0.5) is 0 Å². The van der Waals surface area contributed by atoms with Crippen molar-refractivity contribution in [3.8, 4) is 0 Å². The first-order valence-electron chi connectivity index (χ1n) is 8.43. The Morgan fingerprint density at radius 3 is 2.72 bits per heavy atom. The normalized spacial score (nSPS) is 29.0. The minimum Gasteiger partial charge on any atom is -0.460 e. The van der Waals surface area contributed by atoms with Gasteiger partial charge in [0.25, 0.3) is 0 Å². The molecule has 0 fully saturated rings. The number of esters is 1. The van der Waals surface area contributed by atoms with Crippen LogP contribution in [0.2, 0.25) is 0 Å². The highest BCUT2D eigenvalue weighted by Gasteiger charge is 2.56. The fourth-order valence-electron chi connectivity index (χ4n) is 3.74. The van der Waals surface area contributed by atoms with Gasteiger partial charge in [-0.3, -0.25) is 9.59 Å². The van der Waals surface area contributed by atoms with Crippen LogP contribution >= 0.6 is 0 Å². The number of hydrogen-bond donors (Lipinski definition) is 0. The third-order valence-electron chi connectivity index (χ3n) is 5.68. The fraction of sp³-hybridized carbons (Fsp3) is 0.450. The maximum absolute atomic E-state index is 12.9. The zero-order chi connectivity index (χ0) is 18.5. The number of Topliss-reactive ketones (excluding diaryl/α,β-unsaturated/α-hetero) is 1. The summed E-state index contributed by atoms with van der Waals surface area (Å²) in [5.41, 5.74) is 1.48. The van der Waals surface area contributed by atoms with Gasteiger partial charge in [-0.15, -0.1) is 0 Å². The van der Waals surface area contributed by atoms with E-state index in [9.17, 15) is 14.4 Å². The van der Waals surface area contributed by atoms with Crippen molar-refractivity contribution in [2.45, 2.75) is 47.1 Å². The predicted molar refractivity (Wildman–Crippen MR) is 91.0 cm³/mol. The van der Waals surface area contributed by atoms with E-state index >= 15 is 0 Å². The molecule has 0 aromatic carbocycles. The largest absolute Gasteiger partial charge is 0.460 e. The van der Waals surface area contributed by atoms with Crippen LogP contribution in [0.5, 0.6) is 0 Å². The van der Waals surface area contributed by atoms with E-state index in [2.05, 4.69) is 0 Å². The molecule has 2 aliphatic rings. The van der Waals surface area contributed by atoms with E-state index in [0.29, 0.717) is 23.1 Å². The number of ether oxygens (including phenoxy) is 1. The molecule has 5 nitrogen and oxygen atoms in total. The van der Waals surface area contributed by atoms with Crippen LogP contribution in [0.15, 0.2) is 34.0 Å².